The third kappa shape index (κ3) is 5.00. The van der Waals surface area contributed by atoms with Gasteiger partial charge in [-0.1, -0.05) is 19.3 Å². The molecule has 2 fully saturated rings. The van der Waals surface area contributed by atoms with Crippen LogP contribution < -0.4 is 14.8 Å². The summed E-state index contributed by atoms with van der Waals surface area (Å²) < 4.78 is 11.6. The number of ether oxygens (including phenoxy) is 2. The molecule has 8 nitrogen and oxygen atoms in total. The van der Waals surface area contributed by atoms with E-state index < -0.39 is 5.60 Å². The van der Waals surface area contributed by atoms with Crippen LogP contribution in [0.15, 0.2) is 18.2 Å². The first-order valence-corrected chi connectivity index (χ1v) is 11.7. The first kappa shape index (κ1) is 22.4. The van der Waals surface area contributed by atoms with Gasteiger partial charge < -0.3 is 24.6 Å². The maximum Gasteiger partial charge on any atom is 0.255 e. The second-order valence-electron chi connectivity index (χ2n) is 9.04. The van der Waals surface area contributed by atoms with Crippen LogP contribution in [-0.4, -0.2) is 73.0 Å². The molecule has 0 unspecified atom stereocenters. The second-order valence-corrected chi connectivity index (χ2v) is 9.04. The summed E-state index contributed by atoms with van der Waals surface area (Å²) in [6, 6.07) is 5.18. The van der Waals surface area contributed by atoms with Gasteiger partial charge in [0, 0.05) is 32.5 Å². The van der Waals surface area contributed by atoms with Gasteiger partial charge in [0.25, 0.3) is 5.91 Å². The van der Waals surface area contributed by atoms with E-state index in [0.29, 0.717) is 43.0 Å². The van der Waals surface area contributed by atoms with E-state index in [4.69, 9.17) is 9.47 Å². The fourth-order valence-electron chi connectivity index (χ4n) is 4.80. The highest BCUT2D eigenvalue weighted by Gasteiger charge is 2.41. The van der Waals surface area contributed by atoms with Gasteiger partial charge in [0.1, 0.15) is 17.1 Å². The molecule has 0 saturated carbocycles. The van der Waals surface area contributed by atoms with Crippen LogP contribution in [0.2, 0.25) is 0 Å². The minimum atomic E-state index is -0.677. The zero-order valence-corrected chi connectivity index (χ0v) is 18.9. The predicted molar refractivity (Wildman–Crippen MR) is 119 cm³/mol. The van der Waals surface area contributed by atoms with Crippen LogP contribution in [0.1, 0.15) is 61.7 Å². The van der Waals surface area contributed by atoms with Crippen LogP contribution in [0.4, 0.5) is 0 Å². The number of benzene rings is 1. The molecular weight excluding hydrogens is 410 g/mol. The Morgan fingerprint density at radius 2 is 1.84 bits per heavy atom. The van der Waals surface area contributed by atoms with Gasteiger partial charge in [0.2, 0.25) is 11.8 Å². The molecule has 3 aliphatic rings. The number of rotatable bonds is 3. The molecule has 2 saturated heterocycles. The molecule has 0 radical (unpaired) electrons. The molecule has 1 N–H and O–H groups in total. The highest BCUT2D eigenvalue weighted by atomic mass is 16.5. The van der Waals surface area contributed by atoms with Gasteiger partial charge in [0.15, 0.2) is 0 Å². The Morgan fingerprint density at radius 3 is 2.59 bits per heavy atom. The Balaban J connectivity index is 1.44. The summed E-state index contributed by atoms with van der Waals surface area (Å²) >= 11 is 0. The minimum Gasteiger partial charge on any atom is -0.497 e. The normalized spacial score (nSPS) is 24.4. The Morgan fingerprint density at radius 1 is 1.09 bits per heavy atom. The second kappa shape index (κ2) is 9.79. The van der Waals surface area contributed by atoms with Crippen LogP contribution in [0, 0.1) is 0 Å². The van der Waals surface area contributed by atoms with Crippen molar-refractivity contribution >= 4 is 17.7 Å². The number of hydrogen-bond donors (Lipinski definition) is 1. The summed E-state index contributed by atoms with van der Waals surface area (Å²) in [6.45, 7) is 2.43. The lowest BCUT2D eigenvalue weighted by Crippen LogP contribution is -2.47. The smallest absolute Gasteiger partial charge is 0.255 e. The molecule has 1 aromatic rings. The van der Waals surface area contributed by atoms with E-state index in [-0.39, 0.29) is 30.7 Å². The number of amides is 3. The summed E-state index contributed by atoms with van der Waals surface area (Å²) in [5.74, 6) is 0.873. The highest BCUT2D eigenvalue weighted by Crippen LogP contribution is 2.35. The SMILES string of the molecule is COc1ccc2c(c1)C(=O)NC[C@]1(CCC(=O)N(CC(=O)N3CCCCCCC3)CC1)O2. The van der Waals surface area contributed by atoms with Crippen LogP contribution in [-0.2, 0) is 9.59 Å². The maximum atomic E-state index is 12.9. The summed E-state index contributed by atoms with van der Waals surface area (Å²) in [5, 5.41) is 2.95. The number of carbonyl (C=O) groups is 3. The molecule has 3 heterocycles. The number of carbonyl (C=O) groups excluding carboxylic acids is 3. The summed E-state index contributed by atoms with van der Waals surface area (Å²) in [5.41, 5.74) is -0.246. The summed E-state index contributed by atoms with van der Waals surface area (Å²) in [6.07, 6.45) is 6.94. The molecule has 0 aliphatic carbocycles. The zero-order chi connectivity index (χ0) is 22.6. The number of fused-ring (bicyclic) bond motifs is 1. The Labute approximate surface area is 189 Å². The predicted octanol–water partition coefficient (Wildman–Crippen LogP) is 2.36. The van der Waals surface area contributed by atoms with Crippen molar-refractivity contribution in [1.29, 1.82) is 0 Å². The maximum absolute atomic E-state index is 12.9. The molecule has 0 bridgehead atoms. The first-order valence-electron chi connectivity index (χ1n) is 11.7. The quantitative estimate of drug-likeness (QED) is 0.775. The molecule has 32 heavy (non-hydrogen) atoms. The number of methoxy groups -OCH3 is 1. The van der Waals surface area contributed by atoms with Gasteiger partial charge >= 0.3 is 0 Å². The Bertz CT molecular complexity index is 865. The van der Waals surface area contributed by atoms with Crippen molar-refractivity contribution < 1.29 is 23.9 Å². The van der Waals surface area contributed by atoms with Crippen molar-refractivity contribution in [3.8, 4) is 11.5 Å². The number of likely N-dealkylation sites (tertiary alicyclic amines) is 2. The van der Waals surface area contributed by atoms with Crippen molar-refractivity contribution in [1.82, 2.24) is 15.1 Å². The van der Waals surface area contributed by atoms with E-state index in [2.05, 4.69) is 5.32 Å². The van der Waals surface area contributed by atoms with E-state index in [0.717, 1.165) is 38.8 Å². The summed E-state index contributed by atoms with van der Waals surface area (Å²) in [7, 11) is 1.55. The van der Waals surface area contributed by atoms with E-state index >= 15 is 0 Å². The van der Waals surface area contributed by atoms with Crippen LogP contribution in [0.25, 0.3) is 0 Å². The molecule has 4 rings (SSSR count). The Kier molecular flexibility index (Phi) is 6.86. The van der Waals surface area contributed by atoms with E-state index in [1.165, 1.54) is 6.42 Å². The van der Waals surface area contributed by atoms with E-state index in [1.807, 2.05) is 4.90 Å². The molecular formula is C24H33N3O5. The number of hydrogen-bond acceptors (Lipinski definition) is 5. The fraction of sp³-hybridized carbons (Fsp3) is 0.625. The molecule has 1 atom stereocenters. The van der Waals surface area contributed by atoms with Crippen LogP contribution >= 0.6 is 0 Å². The van der Waals surface area contributed by atoms with Crippen molar-refractivity contribution in [3.63, 3.8) is 0 Å². The summed E-state index contributed by atoms with van der Waals surface area (Å²) in [4.78, 5) is 42.0. The lowest BCUT2D eigenvalue weighted by molar-refractivity contribution is -0.140. The molecule has 8 heteroatoms. The van der Waals surface area contributed by atoms with Gasteiger partial charge in [-0.25, -0.2) is 0 Å². The molecule has 1 spiro atoms. The van der Waals surface area contributed by atoms with Crippen molar-refractivity contribution in [3.05, 3.63) is 23.8 Å². The van der Waals surface area contributed by atoms with Gasteiger partial charge in [0.05, 0.1) is 25.8 Å². The van der Waals surface area contributed by atoms with Gasteiger partial charge in [-0.15, -0.1) is 0 Å². The molecule has 3 aliphatic heterocycles. The molecule has 1 aromatic carbocycles. The van der Waals surface area contributed by atoms with Gasteiger partial charge in [-0.3, -0.25) is 14.4 Å². The lowest BCUT2D eigenvalue weighted by Gasteiger charge is -2.32. The Hall–Kier alpha value is -2.77. The largest absolute Gasteiger partial charge is 0.497 e. The zero-order valence-electron chi connectivity index (χ0n) is 18.9. The molecule has 0 aromatic heterocycles. The van der Waals surface area contributed by atoms with Gasteiger partial charge in [-0.05, 0) is 37.5 Å². The van der Waals surface area contributed by atoms with E-state index in [9.17, 15) is 14.4 Å². The van der Waals surface area contributed by atoms with Crippen molar-refractivity contribution in [2.24, 2.45) is 0 Å². The van der Waals surface area contributed by atoms with Crippen molar-refractivity contribution in [2.45, 2.75) is 57.0 Å². The third-order valence-electron chi connectivity index (χ3n) is 6.85. The number of nitrogens with zero attached hydrogens (tertiary/aromatic N) is 2. The van der Waals surface area contributed by atoms with Crippen molar-refractivity contribution in [2.75, 3.05) is 39.8 Å². The average Bonchev–Trinajstić information content (AvgIpc) is 3.00. The standard InChI is InChI=1S/C24H33N3O5/c1-31-18-7-8-20-19(15-18)23(30)25-17-24(32-20)10-9-21(28)27(14-11-24)16-22(29)26-12-5-3-2-4-6-13-26/h7-8,15H,2-6,9-14,16-17H2,1H3,(H,25,30)/t24-/m1/s1. The van der Waals surface area contributed by atoms with Gasteiger partial charge in [-0.2, -0.15) is 0 Å². The highest BCUT2D eigenvalue weighted by molar-refractivity contribution is 5.97. The fourth-order valence-corrected chi connectivity index (χ4v) is 4.80. The third-order valence-corrected chi connectivity index (χ3v) is 6.85. The minimum absolute atomic E-state index is 0.0311. The topological polar surface area (TPSA) is 88.2 Å². The number of nitrogens with one attached hydrogen (secondary N) is 1. The molecule has 174 valence electrons. The van der Waals surface area contributed by atoms with Crippen LogP contribution in [0.3, 0.4) is 0 Å². The monoisotopic (exact) mass is 443 g/mol. The molecule has 3 amide bonds. The van der Waals surface area contributed by atoms with Crippen LogP contribution in [0.5, 0.6) is 11.5 Å². The lowest BCUT2D eigenvalue weighted by atomic mass is 9.94. The van der Waals surface area contributed by atoms with E-state index in [1.54, 1.807) is 30.2 Å². The first-order chi connectivity index (χ1) is 15.5. The average molecular weight is 444 g/mol.